The number of carbonyl (C=O) groups is 1. The quantitative estimate of drug-likeness (QED) is 0.551. The molecule has 4 nitrogen and oxygen atoms in total. The lowest BCUT2D eigenvalue weighted by molar-refractivity contribution is -0.138. The molecule has 0 aliphatic heterocycles. The summed E-state index contributed by atoms with van der Waals surface area (Å²) in [4.78, 5) is 16.4. The van der Waals surface area contributed by atoms with E-state index in [2.05, 4.69) is 10.3 Å². The summed E-state index contributed by atoms with van der Waals surface area (Å²) in [5, 5.41) is 14.1. The average Bonchev–Trinajstić information content (AvgIpc) is 2.70. The van der Waals surface area contributed by atoms with Crippen molar-refractivity contribution >= 4 is 28.4 Å². The van der Waals surface area contributed by atoms with Crippen molar-refractivity contribution in [2.24, 2.45) is 0 Å². The number of benzene rings is 2. The third-order valence-corrected chi connectivity index (χ3v) is 5.50. The molecule has 0 saturated heterocycles. The van der Waals surface area contributed by atoms with E-state index >= 15 is 0 Å². The number of nitriles is 1. The van der Waals surface area contributed by atoms with Crippen LogP contribution in [0.1, 0.15) is 35.3 Å². The van der Waals surface area contributed by atoms with E-state index in [4.69, 9.17) is 0 Å². The minimum Gasteiger partial charge on any atom is -0.349 e. The number of pyridine rings is 1. The number of nitrogens with one attached hydrogen (secondary N) is 1. The van der Waals surface area contributed by atoms with Crippen LogP contribution in [-0.4, -0.2) is 16.6 Å². The third kappa shape index (κ3) is 4.92. The molecule has 0 aliphatic rings. The minimum atomic E-state index is -4.67. The van der Waals surface area contributed by atoms with Crippen LogP contribution in [0.3, 0.4) is 0 Å². The minimum absolute atomic E-state index is 0.0988. The monoisotopic (exact) mass is 429 g/mol. The summed E-state index contributed by atoms with van der Waals surface area (Å²) in [7, 11) is 0. The molecule has 3 rings (SSSR count). The summed E-state index contributed by atoms with van der Waals surface area (Å²) in [5.41, 5.74) is -0.551. The Labute approximate surface area is 176 Å². The van der Waals surface area contributed by atoms with Gasteiger partial charge in [0.15, 0.2) is 0 Å². The van der Waals surface area contributed by atoms with Crippen molar-refractivity contribution in [1.82, 2.24) is 10.3 Å². The van der Waals surface area contributed by atoms with E-state index in [0.717, 1.165) is 34.2 Å². The number of amides is 1. The van der Waals surface area contributed by atoms with Gasteiger partial charge in [-0.1, -0.05) is 48.2 Å². The number of hydrogen-bond donors (Lipinski definition) is 1. The Bertz CT molecular complexity index is 1140. The molecule has 0 spiro atoms. The molecule has 0 radical (unpaired) electrons. The fourth-order valence-corrected chi connectivity index (χ4v) is 3.92. The number of fused-ring (bicyclic) bond motifs is 1. The van der Waals surface area contributed by atoms with Crippen LogP contribution >= 0.6 is 11.8 Å². The molecule has 1 aromatic heterocycles. The van der Waals surface area contributed by atoms with Crippen LogP contribution in [0.5, 0.6) is 0 Å². The van der Waals surface area contributed by atoms with Gasteiger partial charge in [0, 0.05) is 5.69 Å². The lowest BCUT2D eigenvalue weighted by Gasteiger charge is -2.16. The van der Waals surface area contributed by atoms with Crippen molar-refractivity contribution in [1.29, 1.82) is 5.26 Å². The Hall–Kier alpha value is -3.05. The number of aromatic nitrogens is 1. The zero-order valence-corrected chi connectivity index (χ0v) is 17.1. The highest BCUT2D eigenvalue weighted by Crippen LogP contribution is 2.35. The number of rotatable bonds is 5. The largest absolute Gasteiger partial charge is 0.417 e. The first-order valence-electron chi connectivity index (χ1n) is 9.09. The standard InChI is InChI=1S/C22H18F3N3OS/c1-13-9-19(22(23,24)25)18(11-26)21(27-13)30-12-20(29)28-14(2)16-8-7-15-5-3-4-6-17(15)10-16/h3-10,14H,12H2,1-2H3,(H,28,29). The van der Waals surface area contributed by atoms with Crippen molar-refractivity contribution in [2.45, 2.75) is 31.1 Å². The molecule has 30 heavy (non-hydrogen) atoms. The molecule has 8 heteroatoms. The molecule has 0 aliphatic carbocycles. The van der Waals surface area contributed by atoms with Crippen molar-refractivity contribution in [3.63, 3.8) is 0 Å². The normalized spacial score (nSPS) is 12.4. The molecule has 0 bridgehead atoms. The van der Waals surface area contributed by atoms with Gasteiger partial charge < -0.3 is 5.32 Å². The van der Waals surface area contributed by atoms with Gasteiger partial charge in [0.2, 0.25) is 5.91 Å². The number of alkyl halides is 3. The Kier molecular flexibility index (Phi) is 6.32. The van der Waals surface area contributed by atoms with Crippen LogP contribution in [0.15, 0.2) is 53.6 Å². The van der Waals surface area contributed by atoms with Gasteiger partial charge in [-0.05, 0) is 42.3 Å². The second-order valence-electron chi connectivity index (χ2n) is 6.79. The Morgan fingerprint density at radius 3 is 2.57 bits per heavy atom. The zero-order chi connectivity index (χ0) is 21.9. The van der Waals surface area contributed by atoms with Gasteiger partial charge in [-0.15, -0.1) is 0 Å². The number of thioether (sulfide) groups is 1. The Morgan fingerprint density at radius 1 is 1.20 bits per heavy atom. The van der Waals surface area contributed by atoms with E-state index in [-0.39, 0.29) is 28.4 Å². The van der Waals surface area contributed by atoms with E-state index in [0.29, 0.717) is 0 Å². The first-order chi connectivity index (χ1) is 14.2. The SMILES string of the molecule is Cc1cc(C(F)(F)F)c(C#N)c(SCC(=O)NC(C)c2ccc3ccccc3c2)n1. The summed E-state index contributed by atoms with van der Waals surface area (Å²) >= 11 is 0.818. The van der Waals surface area contributed by atoms with Crippen LogP contribution in [0.2, 0.25) is 0 Å². The molecular weight excluding hydrogens is 411 g/mol. The van der Waals surface area contributed by atoms with Gasteiger partial charge in [0.1, 0.15) is 11.1 Å². The third-order valence-electron chi connectivity index (χ3n) is 4.52. The van der Waals surface area contributed by atoms with Crippen molar-refractivity contribution < 1.29 is 18.0 Å². The average molecular weight is 429 g/mol. The highest BCUT2D eigenvalue weighted by Gasteiger charge is 2.35. The molecule has 1 heterocycles. The molecule has 1 atom stereocenters. The number of aryl methyl sites for hydroxylation is 1. The van der Waals surface area contributed by atoms with E-state index < -0.39 is 17.3 Å². The molecule has 1 amide bonds. The number of hydrogen-bond acceptors (Lipinski definition) is 4. The number of halogens is 3. The fraction of sp³-hybridized carbons (Fsp3) is 0.227. The van der Waals surface area contributed by atoms with Gasteiger partial charge in [-0.3, -0.25) is 4.79 Å². The van der Waals surface area contributed by atoms with Crippen molar-refractivity contribution in [3.8, 4) is 6.07 Å². The van der Waals surface area contributed by atoms with Gasteiger partial charge in [0.05, 0.1) is 22.9 Å². The predicted molar refractivity (Wildman–Crippen MR) is 110 cm³/mol. The lowest BCUT2D eigenvalue weighted by Crippen LogP contribution is -2.28. The first-order valence-corrected chi connectivity index (χ1v) is 10.1. The van der Waals surface area contributed by atoms with Crippen LogP contribution in [-0.2, 0) is 11.0 Å². The molecule has 2 aromatic carbocycles. The Morgan fingerprint density at radius 2 is 1.90 bits per heavy atom. The van der Waals surface area contributed by atoms with Gasteiger partial charge in [-0.2, -0.15) is 18.4 Å². The molecule has 0 saturated carbocycles. The zero-order valence-electron chi connectivity index (χ0n) is 16.2. The highest BCUT2D eigenvalue weighted by atomic mass is 32.2. The summed E-state index contributed by atoms with van der Waals surface area (Å²) in [5.74, 6) is -0.512. The summed E-state index contributed by atoms with van der Waals surface area (Å²) in [6, 6.07) is 15.9. The Balaban J connectivity index is 1.71. The van der Waals surface area contributed by atoms with Crippen LogP contribution in [0.4, 0.5) is 13.2 Å². The molecule has 1 N–H and O–H groups in total. The molecule has 154 valence electrons. The summed E-state index contributed by atoms with van der Waals surface area (Å²) in [6.07, 6.45) is -4.67. The lowest BCUT2D eigenvalue weighted by atomic mass is 10.0. The van der Waals surface area contributed by atoms with E-state index in [1.165, 1.54) is 6.92 Å². The summed E-state index contributed by atoms with van der Waals surface area (Å²) < 4.78 is 39.6. The predicted octanol–water partition coefficient (Wildman–Crippen LogP) is 5.40. The van der Waals surface area contributed by atoms with Crippen LogP contribution in [0, 0.1) is 18.3 Å². The highest BCUT2D eigenvalue weighted by molar-refractivity contribution is 8.00. The second kappa shape index (κ2) is 8.76. The number of nitrogens with zero attached hydrogens (tertiary/aromatic N) is 2. The number of carbonyl (C=O) groups excluding carboxylic acids is 1. The maximum Gasteiger partial charge on any atom is 0.417 e. The van der Waals surface area contributed by atoms with Crippen molar-refractivity contribution in [2.75, 3.05) is 5.75 Å². The smallest absolute Gasteiger partial charge is 0.349 e. The second-order valence-corrected chi connectivity index (χ2v) is 7.75. The van der Waals surface area contributed by atoms with E-state index in [1.807, 2.05) is 49.4 Å². The molecule has 0 fully saturated rings. The molecule has 1 unspecified atom stereocenters. The molecular formula is C22H18F3N3OS. The van der Waals surface area contributed by atoms with Gasteiger partial charge >= 0.3 is 6.18 Å². The van der Waals surface area contributed by atoms with E-state index in [9.17, 15) is 23.2 Å². The van der Waals surface area contributed by atoms with Crippen LogP contribution < -0.4 is 5.32 Å². The summed E-state index contributed by atoms with van der Waals surface area (Å²) in [6.45, 7) is 3.25. The fourth-order valence-electron chi connectivity index (χ4n) is 3.06. The maximum atomic E-state index is 13.2. The first kappa shape index (κ1) is 21.7. The topological polar surface area (TPSA) is 65.8 Å². The van der Waals surface area contributed by atoms with E-state index in [1.54, 1.807) is 6.07 Å². The van der Waals surface area contributed by atoms with Crippen molar-refractivity contribution in [3.05, 3.63) is 70.9 Å². The molecule has 3 aromatic rings. The van der Waals surface area contributed by atoms with Crippen LogP contribution in [0.25, 0.3) is 10.8 Å². The van der Waals surface area contributed by atoms with Gasteiger partial charge in [0.25, 0.3) is 0 Å². The maximum absolute atomic E-state index is 13.2. The van der Waals surface area contributed by atoms with Gasteiger partial charge in [-0.25, -0.2) is 4.98 Å².